The van der Waals surface area contributed by atoms with Crippen molar-refractivity contribution < 1.29 is 9.53 Å². The highest BCUT2D eigenvalue weighted by Crippen LogP contribution is 2.32. The van der Waals surface area contributed by atoms with Crippen LogP contribution >= 0.6 is 0 Å². The van der Waals surface area contributed by atoms with Crippen molar-refractivity contribution in [1.82, 2.24) is 15.5 Å². The molecule has 5 nitrogen and oxygen atoms in total. The monoisotopic (exact) mass is 283 g/mol. The van der Waals surface area contributed by atoms with Crippen LogP contribution in [0.5, 0.6) is 0 Å². The first-order valence-corrected chi connectivity index (χ1v) is 7.75. The predicted octanol–water partition coefficient (Wildman–Crippen LogP) is 1.58. The summed E-state index contributed by atoms with van der Waals surface area (Å²) >= 11 is 0. The summed E-state index contributed by atoms with van der Waals surface area (Å²) in [5.74, 6) is 0.620. The van der Waals surface area contributed by atoms with Gasteiger partial charge in [-0.05, 0) is 59.5 Å². The molecule has 2 N–H and O–H groups in total. The van der Waals surface area contributed by atoms with E-state index < -0.39 is 5.60 Å². The van der Waals surface area contributed by atoms with Gasteiger partial charge in [-0.1, -0.05) is 0 Å². The van der Waals surface area contributed by atoms with Gasteiger partial charge in [-0.25, -0.2) is 4.79 Å². The average molecular weight is 283 g/mol. The Morgan fingerprint density at radius 3 is 2.55 bits per heavy atom. The van der Waals surface area contributed by atoms with Crippen molar-refractivity contribution in [2.75, 3.05) is 26.7 Å². The van der Waals surface area contributed by atoms with Crippen LogP contribution in [0.2, 0.25) is 0 Å². The number of hydrogen-bond acceptors (Lipinski definition) is 4. The topological polar surface area (TPSA) is 53.6 Å². The molecule has 1 heterocycles. The van der Waals surface area contributed by atoms with Crippen molar-refractivity contribution >= 4 is 6.09 Å². The number of likely N-dealkylation sites (tertiary alicyclic amines) is 1. The smallest absolute Gasteiger partial charge is 0.407 e. The third kappa shape index (κ3) is 5.29. The molecule has 0 radical (unpaired) electrons. The van der Waals surface area contributed by atoms with E-state index in [-0.39, 0.29) is 12.1 Å². The third-order valence-corrected chi connectivity index (χ3v) is 3.91. The van der Waals surface area contributed by atoms with Crippen molar-refractivity contribution in [3.63, 3.8) is 0 Å². The van der Waals surface area contributed by atoms with Gasteiger partial charge in [0, 0.05) is 25.2 Å². The lowest BCUT2D eigenvalue weighted by Crippen LogP contribution is -2.48. The number of likely N-dealkylation sites (N-methyl/N-ethyl adjacent to an activating group) is 1. The number of nitrogens with zero attached hydrogens (tertiary/aromatic N) is 1. The van der Waals surface area contributed by atoms with Crippen LogP contribution in [0.25, 0.3) is 0 Å². The van der Waals surface area contributed by atoms with Gasteiger partial charge >= 0.3 is 6.09 Å². The zero-order valence-electron chi connectivity index (χ0n) is 13.2. The predicted molar refractivity (Wildman–Crippen MR) is 79.8 cm³/mol. The SMILES string of the molecule is CN1CCC(NCC(NC(=O)OC(C)(C)C)C2CC2)C1. The second-order valence-corrected chi connectivity index (χ2v) is 7.25. The summed E-state index contributed by atoms with van der Waals surface area (Å²) in [5.41, 5.74) is -0.431. The molecular weight excluding hydrogens is 254 g/mol. The molecule has 0 aromatic heterocycles. The Kier molecular flexibility index (Phi) is 4.91. The number of nitrogens with one attached hydrogen (secondary N) is 2. The maximum absolute atomic E-state index is 11.9. The first kappa shape index (κ1) is 15.6. The summed E-state index contributed by atoms with van der Waals surface area (Å²) < 4.78 is 5.35. The highest BCUT2D eigenvalue weighted by molar-refractivity contribution is 5.68. The molecule has 2 unspecified atom stereocenters. The Balaban J connectivity index is 1.74. The lowest BCUT2D eigenvalue weighted by atomic mass is 10.1. The number of rotatable bonds is 5. The van der Waals surface area contributed by atoms with Crippen molar-refractivity contribution in [3.8, 4) is 0 Å². The van der Waals surface area contributed by atoms with Gasteiger partial charge in [0.15, 0.2) is 0 Å². The molecule has 2 fully saturated rings. The van der Waals surface area contributed by atoms with E-state index in [0.29, 0.717) is 12.0 Å². The van der Waals surface area contributed by atoms with E-state index in [4.69, 9.17) is 4.74 Å². The third-order valence-electron chi connectivity index (χ3n) is 3.91. The molecule has 0 spiro atoms. The van der Waals surface area contributed by atoms with Gasteiger partial charge in [0.25, 0.3) is 0 Å². The van der Waals surface area contributed by atoms with Crippen LogP contribution in [-0.2, 0) is 4.74 Å². The lowest BCUT2D eigenvalue weighted by molar-refractivity contribution is 0.0496. The van der Waals surface area contributed by atoms with E-state index in [1.54, 1.807) is 0 Å². The molecule has 1 aliphatic carbocycles. The number of alkyl carbamates (subject to hydrolysis) is 1. The molecule has 1 amide bonds. The highest BCUT2D eigenvalue weighted by Gasteiger charge is 2.34. The Hall–Kier alpha value is -0.810. The summed E-state index contributed by atoms with van der Waals surface area (Å²) in [6, 6.07) is 0.762. The minimum atomic E-state index is -0.431. The molecular formula is C15H29N3O2. The molecule has 2 aliphatic rings. The molecule has 5 heteroatoms. The first-order valence-electron chi connectivity index (χ1n) is 7.75. The molecule has 116 valence electrons. The van der Waals surface area contributed by atoms with E-state index in [9.17, 15) is 4.79 Å². The van der Waals surface area contributed by atoms with Gasteiger partial charge in [-0.15, -0.1) is 0 Å². The minimum Gasteiger partial charge on any atom is -0.444 e. The van der Waals surface area contributed by atoms with Crippen LogP contribution in [0, 0.1) is 5.92 Å². The van der Waals surface area contributed by atoms with Crippen molar-refractivity contribution in [3.05, 3.63) is 0 Å². The zero-order chi connectivity index (χ0) is 14.8. The maximum Gasteiger partial charge on any atom is 0.407 e. The maximum atomic E-state index is 11.9. The molecule has 20 heavy (non-hydrogen) atoms. The second-order valence-electron chi connectivity index (χ2n) is 7.25. The number of hydrogen-bond donors (Lipinski definition) is 2. The second kappa shape index (κ2) is 6.31. The molecule has 2 rings (SSSR count). The van der Waals surface area contributed by atoms with Gasteiger partial charge in [-0.2, -0.15) is 0 Å². The van der Waals surface area contributed by atoms with Crippen LogP contribution in [0.1, 0.15) is 40.0 Å². The van der Waals surface area contributed by atoms with Crippen LogP contribution in [-0.4, -0.2) is 55.4 Å². The summed E-state index contributed by atoms with van der Waals surface area (Å²) in [5, 5.41) is 6.62. The van der Waals surface area contributed by atoms with Crippen LogP contribution in [0.3, 0.4) is 0 Å². The Morgan fingerprint density at radius 2 is 2.05 bits per heavy atom. The summed E-state index contributed by atoms with van der Waals surface area (Å²) in [7, 11) is 2.15. The first-order chi connectivity index (χ1) is 9.33. The van der Waals surface area contributed by atoms with Crippen molar-refractivity contribution in [2.24, 2.45) is 5.92 Å². The van der Waals surface area contributed by atoms with Gasteiger partial charge in [-0.3, -0.25) is 0 Å². The van der Waals surface area contributed by atoms with Crippen molar-refractivity contribution in [2.45, 2.75) is 57.7 Å². The standard InChI is InChI=1S/C15H29N3O2/c1-15(2,3)20-14(19)17-13(11-5-6-11)9-16-12-7-8-18(4)10-12/h11-13,16H,5-10H2,1-4H3,(H,17,19). The molecule has 1 saturated heterocycles. The Bertz CT molecular complexity index is 337. The van der Waals surface area contributed by atoms with Gasteiger partial charge in [0.2, 0.25) is 0 Å². The molecule has 2 atom stereocenters. The van der Waals surface area contributed by atoms with E-state index in [1.165, 1.54) is 19.3 Å². The fourth-order valence-electron chi connectivity index (χ4n) is 2.69. The van der Waals surface area contributed by atoms with Crippen molar-refractivity contribution in [1.29, 1.82) is 0 Å². The van der Waals surface area contributed by atoms with E-state index in [2.05, 4.69) is 22.6 Å². The van der Waals surface area contributed by atoms with E-state index >= 15 is 0 Å². The lowest BCUT2D eigenvalue weighted by Gasteiger charge is -2.25. The van der Waals surface area contributed by atoms with Crippen LogP contribution in [0.15, 0.2) is 0 Å². The van der Waals surface area contributed by atoms with Gasteiger partial charge in [0.05, 0.1) is 0 Å². The molecule has 0 bridgehead atoms. The van der Waals surface area contributed by atoms with Gasteiger partial charge < -0.3 is 20.3 Å². The summed E-state index contributed by atoms with van der Waals surface area (Å²) in [6.45, 7) is 8.79. The number of carbonyl (C=O) groups is 1. The Labute approximate surface area is 122 Å². The zero-order valence-corrected chi connectivity index (χ0v) is 13.2. The Morgan fingerprint density at radius 1 is 1.35 bits per heavy atom. The average Bonchev–Trinajstić information content (AvgIpc) is 3.06. The van der Waals surface area contributed by atoms with E-state index in [1.807, 2.05) is 20.8 Å². The normalized spacial score (nSPS) is 25.5. The van der Waals surface area contributed by atoms with Gasteiger partial charge in [0.1, 0.15) is 5.60 Å². The fourth-order valence-corrected chi connectivity index (χ4v) is 2.69. The summed E-state index contributed by atoms with van der Waals surface area (Å²) in [6.07, 6.45) is 3.33. The summed E-state index contributed by atoms with van der Waals surface area (Å²) in [4.78, 5) is 14.2. The largest absolute Gasteiger partial charge is 0.444 e. The number of amides is 1. The molecule has 0 aromatic rings. The van der Waals surface area contributed by atoms with Crippen LogP contribution < -0.4 is 10.6 Å². The quantitative estimate of drug-likeness (QED) is 0.804. The molecule has 1 aliphatic heterocycles. The molecule has 0 aromatic carbocycles. The minimum absolute atomic E-state index is 0.204. The highest BCUT2D eigenvalue weighted by atomic mass is 16.6. The van der Waals surface area contributed by atoms with E-state index in [0.717, 1.165) is 19.6 Å². The molecule has 1 saturated carbocycles. The van der Waals surface area contributed by atoms with Crippen LogP contribution in [0.4, 0.5) is 4.79 Å². The number of carbonyl (C=O) groups excluding carboxylic acids is 1. The fraction of sp³-hybridized carbons (Fsp3) is 0.933. The number of ether oxygens (including phenoxy) is 1.